The van der Waals surface area contributed by atoms with Crippen LogP contribution in [0.4, 0.5) is 18.9 Å². The van der Waals surface area contributed by atoms with Crippen LogP contribution in [0.2, 0.25) is 5.02 Å². The minimum atomic E-state index is -4.46. The van der Waals surface area contributed by atoms with Crippen LogP contribution in [0.15, 0.2) is 53.4 Å². The number of nitrogens with zero attached hydrogens (tertiary/aromatic N) is 1. The molecule has 4 nitrogen and oxygen atoms in total. The van der Waals surface area contributed by atoms with E-state index in [9.17, 15) is 22.8 Å². The Morgan fingerprint density at radius 2 is 1.85 bits per heavy atom. The molecule has 1 N–H and O–H groups in total. The third-order valence-electron chi connectivity index (χ3n) is 4.80. The molecule has 2 amide bonds. The molecule has 1 fully saturated rings. The molecule has 0 spiro atoms. The van der Waals surface area contributed by atoms with Gasteiger partial charge in [-0.25, -0.2) is 0 Å². The summed E-state index contributed by atoms with van der Waals surface area (Å²) < 4.78 is 38.8. The SMILES string of the molecule is O=C(CCCCCN1C(=O)/C(=C/c2ccc(Cl)cc2)SC1=S)Nc1cccc(C(F)(F)F)c1. The summed E-state index contributed by atoms with van der Waals surface area (Å²) in [6.45, 7) is 0.442. The molecular formula is C23H20ClF3N2O2S2. The minimum absolute atomic E-state index is 0.111. The van der Waals surface area contributed by atoms with Crippen molar-refractivity contribution in [2.75, 3.05) is 11.9 Å². The lowest BCUT2D eigenvalue weighted by Crippen LogP contribution is -2.29. The van der Waals surface area contributed by atoms with Gasteiger partial charge in [0.15, 0.2) is 0 Å². The van der Waals surface area contributed by atoms with Crippen molar-refractivity contribution in [3.05, 3.63) is 69.6 Å². The van der Waals surface area contributed by atoms with Gasteiger partial charge in [-0.15, -0.1) is 0 Å². The molecule has 0 unspecified atom stereocenters. The Bertz CT molecular complexity index is 1070. The fraction of sp³-hybridized carbons (Fsp3) is 0.261. The van der Waals surface area contributed by atoms with E-state index in [1.807, 2.05) is 12.1 Å². The van der Waals surface area contributed by atoms with E-state index in [0.717, 1.165) is 17.7 Å². The van der Waals surface area contributed by atoms with E-state index >= 15 is 0 Å². The van der Waals surface area contributed by atoms with Crippen LogP contribution in [0.3, 0.4) is 0 Å². The minimum Gasteiger partial charge on any atom is -0.326 e. The molecule has 0 bridgehead atoms. The number of anilines is 1. The second-order valence-corrected chi connectivity index (χ2v) is 9.43. The first kappa shape index (κ1) is 25.3. The number of alkyl halides is 3. The van der Waals surface area contributed by atoms with Crippen molar-refractivity contribution in [2.24, 2.45) is 0 Å². The van der Waals surface area contributed by atoms with Crippen molar-refractivity contribution in [3.8, 4) is 0 Å². The lowest BCUT2D eigenvalue weighted by molar-refractivity contribution is -0.137. The first-order chi connectivity index (χ1) is 15.6. The number of thioether (sulfide) groups is 1. The van der Waals surface area contributed by atoms with Gasteiger partial charge in [0.25, 0.3) is 5.91 Å². The summed E-state index contributed by atoms with van der Waals surface area (Å²) in [6, 6.07) is 11.7. The van der Waals surface area contributed by atoms with Gasteiger partial charge in [-0.1, -0.05) is 60.2 Å². The van der Waals surface area contributed by atoms with Crippen LogP contribution >= 0.6 is 35.6 Å². The molecule has 2 aromatic carbocycles. The van der Waals surface area contributed by atoms with Gasteiger partial charge in [-0.05, 0) is 54.8 Å². The molecule has 3 rings (SSSR count). The molecule has 0 atom stereocenters. The van der Waals surface area contributed by atoms with Gasteiger partial charge in [0.05, 0.1) is 10.5 Å². The maximum atomic E-state index is 12.8. The first-order valence-electron chi connectivity index (χ1n) is 10.1. The molecule has 2 aromatic rings. The molecule has 1 aliphatic rings. The predicted molar refractivity (Wildman–Crippen MR) is 130 cm³/mol. The summed E-state index contributed by atoms with van der Waals surface area (Å²) in [7, 11) is 0. The largest absolute Gasteiger partial charge is 0.416 e. The summed E-state index contributed by atoms with van der Waals surface area (Å²) in [5.41, 5.74) is 0.153. The van der Waals surface area contributed by atoms with Gasteiger partial charge >= 0.3 is 6.18 Å². The van der Waals surface area contributed by atoms with Crippen LogP contribution in [0.5, 0.6) is 0 Å². The third-order valence-corrected chi connectivity index (χ3v) is 6.43. The van der Waals surface area contributed by atoms with E-state index in [1.54, 1.807) is 23.1 Å². The lowest BCUT2D eigenvalue weighted by atomic mass is 10.1. The zero-order valence-corrected chi connectivity index (χ0v) is 19.7. The highest BCUT2D eigenvalue weighted by atomic mass is 35.5. The van der Waals surface area contributed by atoms with E-state index in [2.05, 4.69) is 5.32 Å². The number of nitrogens with one attached hydrogen (secondary N) is 1. The number of hydrogen-bond acceptors (Lipinski definition) is 4. The van der Waals surface area contributed by atoms with Crippen molar-refractivity contribution in [1.82, 2.24) is 4.90 Å². The third kappa shape index (κ3) is 7.31. The maximum absolute atomic E-state index is 12.8. The molecule has 0 saturated carbocycles. The fourth-order valence-electron chi connectivity index (χ4n) is 3.13. The van der Waals surface area contributed by atoms with Gasteiger partial charge < -0.3 is 5.32 Å². The molecule has 1 heterocycles. The number of benzene rings is 2. The Labute approximate surface area is 204 Å². The quantitative estimate of drug-likeness (QED) is 0.241. The number of thiocarbonyl (C=S) groups is 1. The van der Waals surface area contributed by atoms with Crippen LogP contribution < -0.4 is 5.32 Å². The number of amides is 2. The van der Waals surface area contributed by atoms with Crippen LogP contribution in [0.1, 0.15) is 36.8 Å². The molecule has 1 saturated heterocycles. The highest BCUT2D eigenvalue weighted by Crippen LogP contribution is 2.33. The summed E-state index contributed by atoms with van der Waals surface area (Å²) in [4.78, 5) is 26.8. The average molecular weight is 513 g/mol. The Balaban J connectivity index is 1.42. The van der Waals surface area contributed by atoms with Crippen molar-refractivity contribution in [3.63, 3.8) is 0 Å². The highest BCUT2D eigenvalue weighted by molar-refractivity contribution is 8.26. The number of hydrogen-bond donors (Lipinski definition) is 1. The monoisotopic (exact) mass is 512 g/mol. The molecule has 10 heteroatoms. The highest BCUT2D eigenvalue weighted by Gasteiger charge is 2.32. The Morgan fingerprint density at radius 3 is 2.55 bits per heavy atom. The van der Waals surface area contributed by atoms with Gasteiger partial charge in [0, 0.05) is 23.7 Å². The van der Waals surface area contributed by atoms with E-state index in [1.165, 1.54) is 23.9 Å². The van der Waals surface area contributed by atoms with Gasteiger partial charge in [0.2, 0.25) is 5.91 Å². The summed E-state index contributed by atoms with van der Waals surface area (Å²) in [5, 5.41) is 3.10. The molecule has 0 radical (unpaired) electrons. The first-order valence-corrected chi connectivity index (χ1v) is 11.7. The summed E-state index contributed by atoms with van der Waals surface area (Å²) in [6.07, 6.45) is -0.656. The molecule has 174 valence electrons. The molecule has 0 aromatic heterocycles. The predicted octanol–water partition coefficient (Wildman–Crippen LogP) is 6.76. The average Bonchev–Trinajstić information content (AvgIpc) is 3.02. The van der Waals surface area contributed by atoms with Gasteiger partial charge in [-0.3, -0.25) is 14.5 Å². The van der Waals surface area contributed by atoms with Crippen molar-refractivity contribution >= 4 is 63.5 Å². The van der Waals surface area contributed by atoms with E-state index in [4.69, 9.17) is 23.8 Å². The number of unbranched alkanes of at least 4 members (excludes halogenated alkanes) is 2. The molecule has 1 aliphatic heterocycles. The number of rotatable bonds is 8. The summed E-state index contributed by atoms with van der Waals surface area (Å²) >= 11 is 12.4. The Hall–Kier alpha value is -2.36. The normalized spacial score (nSPS) is 15.4. The van der Waals surface area contributed by atoms with Crippen molar-refractivity contribution < 1.29 is 22.8 Å². The molecular weight excluding hydrogens is 493 g/mol. The van der Waals surface area contributed by atoms with E-state index < -0.39 is 11.7 Å². The lowest BCUT2D eigenvalue weighted by Gasteiger charge is -2.14. The van der Waals surface area contributed by atoms with Crippen LogP contribution in [0, 0.1) is 0 Å². The number of carbonyl (C=O) groups excluding carboxylic acids is 2. The Kier molecular flexibility index (Phi) is 8.56. The zero-order chi connectivity index (χ0) is 24.0. The topological polar surface area (TPSA) is 49.4 Å². The molecule has 33 heavy (non-hydrogen) atoms. The van der Waals surface area contributed by atoms with Crippen molar-refractivity contribution in [1.29, 1.82) is 0 Å². The second kappa shape index (κ2) is 11.2. The van der Waals surface area contributed by atoms with E-state index in [0.29, 0.717) is 40.1 Å². The number of halogens is 4. The second-order valence-electron chi connectivity index (χ2n) is 7.32. The van der Waals surface area contributed by atoms with Crippen LogP contribution in [-0.4, -0.2) is 27.6 Å². The smallest absolute Gasteiger partial charge is 0.326 e. The van der Waals surface area contributed by atoms with Crippen LogP contribution in [-0.2, 0) is 15.8 Å². The molecule has 0 aliphatic carbocycles. The van der Waals surface area contributed by atoms with Gasteiger partial charge in [-0.2, -0.15) is 13.2 Å². The zero-order valence-electron chi connectivity index (χ0n) is 17.3. The Morgan fingerprint density at radius 1 is 1.12 bits per heavy atom. The summed E-state index contributed by atoms with van der Waals surface area (Å²) in [5.74, 6) is -0.506. The van der Waals surface area contributed by atoms with Crippen molar-refractivity contribution in [2.45, 2.75) is 31.9 Å². The van der Waals surface area contributed by atoms with Crippen LogP contribution in [0.25, 0.3) is 6.08 Å². The number of carbonyl (C=O) groups is 2. The standard InChI is InChI=1S/C23H20ClF3N2O2S2/c24-17-10-8-15(9-11-17)13-19-21(31)29(22(32)33-19)12-3-1-2-7-20(30)28-18-6-4-5-16(14-18)23(25,26)27/h4-6,8-11,13-14H,1-3,7,12H2,(H,28,30)/b19-13-. The van der Waals surface area contributed by atoms with Gasteiger partial charge in [0.1, 0.15) is 4.32 Å². The fourth-order valence-corrected chi connectivity index (χ4v) is 4.57. The maximum Gasteiger partial charge on any atom is 0.416 e. The van der Waals surface area contributed by atoms with E-state index in [-0.39, 0.29) is 23.9 Å².